The van der Waals surface area contributed by atoms with Gasteiger partial charge in [-0.05, 0) is 35.5 Å². The van der Waals surface area contributed by atoms with Crippen LogP contribution in [0.5, 0.6) is 0 Å². The van der Waals surface area contributed by atoms with Crippen molar-refractivity contribution >= 4 is 33.5 Å². The standard InChI is InChI=1S/C26H29N3O3S2/c1-19(23-18-24(34-28-23)27-25(33-2)29-11-13-30-14-12-29)20-7-6-10-22(17-20)26(31-15-16-32-26)21-8-4-3-5-9-21/h3-10,17-19H,11-16H2,1-2H3. The molecule has 3 heterocycles. The number of aromatic nitrogens is 1. The van der Waals surface area contributed by atoms with E-state index >= 15 is 0 Å². The normalized spacial score (nSPS) is 19.4. The minimum atomic E-state index is -0.861. The molecule has 34 heavy (non-hydrogen) atoms. The highest BCUT2D eigenvalue weighted by atomic mass is 32.2. The molecule has 3 aromatic rings. The highest BCUT2D eigenvalue weighted by Gasteiger charge is 2.40. The number of amidine groups is 1. The van der Waals surface area contributed by atoms with Crippen molar-refractivity contribution in [1.29, 1.82) is 0 Å². The third-order valence-electron chi connectivity index (χ3n) is 6.24. The van der Waals surface area contributed by atoms with Gasteiger partial charge in [0.2, 0.25) is 5.79 Å². The Bertz CT molecular complexity index is 1120. The van der Waals surface area contributed by atoms with Crippen LogP contribution in [0.1, 0.15) is 35.2 Å². The Morgan fingerprint density at radius 2 is 1.74 bits per heavy atom. The van der Waals surface area contributed by atoms with E-state index in [4.69, 9.17) is 23.6 Å². The second-order valence-corrected chi connectivity index (χ2v) is 9.87. The van der Waals surface area contributed by atoms with E-state index < -0.39 is 5.79 Å². The summed E-state index contributed by atoms with van der Waals surface area (Å²) in [5.41, 5.74) is 4.21. The van der Waals surface area contributed by atoms with Gasteiger partial charge >= 0.3 is 0 Å². The van der Waals surface area contributed by atoms with Crippen molar-refractivity contribution in [2.45, 2.75) is 18.6 Å². The molecule has 8 heteroatoms. The number of hydrogen-bond acceptors (Lipinski definition) is 7. The van der Waals surface area contributed by atoms with Gasteiger partial charge in [-0.25, -0.2) is 4.99 Å². The van der Waals surface area contributed by atoms with Gasteiger partial charge in [0, 0.05) is 30.1 Å². The first-order chi connectivity index (χ1) is 16.7. The molecular weight excluding hydrogens is 466 g/mol. The van der Waals surface area contributed by atoms with Crippen molar-refractivity contribution in [3.05, 3.63) is 83.0 Å². The molecule has 2 aliphatic rings. The fourth-order valence-corrected chi connectivity index (χ4v) is 5.78. The molecule has 0 spiro atoms. The van der Waals surface area contributed by atoms with Gasteiger partial charge in [-0.3, -0.25) is 0 Å². The van der Waals surface area contributed by atoms with Crippen LogP contribution >= 0.6 is 23.3 Å². The molecule has 2 aromatic carbocycles. The Kier molecular flexibility index (Phi) is 7.32. The minimum Gasteiger partial charge on any atom is -0.378 e. The van der Waals surface area contributed by atoms with Gasteiger partial charge in [0.15, 0.2) is 5.17 Å². The maximum Gasteiger partial charge on any atom is 0.222 e. The predicted molar refractivity (Wildman–Crippen MR) is 138 cm³/mol. The largest absolute Gasteiger partial charge is 0.378 e. The van der Waals surface area contributed by atoms with E-state index in [0.29, 0.717) is 13.2 Å². The van der Waals surface area contributed by atoms with Gasteiger partial charge in [-0.15, -0.1) is 0 Å². The molecule has 1 aromatic heterocycles. The van der Waals surface area contributed by atoms with Gasteiger partial charge in [-0.2, -0.15) is 4.37 Å². The van der Waals surface area contributed by atoms with E-state index in [-0.39, 0.29) is 5.92 Å². The first-order valence-electron chi connectivity index (χ1n) is 11.6. The van der Waals surface area contributed by atoms with Crippen molar-refractivity contribution in [2.24, 2.45) is 4.99 Å². The van der Waals surface area contributed by atoms with E-state index in [0.717, 1.165) is 53.3 Å². The molecule has 6 nitrogen and oxygen atoms in total. The van der Waals surface area contributed by atoms with Crippen molar-refractivity contribution < 1.29 is 14.2 Å². The number of thioether (sulfide) groups is 1. The molecule has 0 aliphatic carbocycles. The topological polar surface area (TPSA) is 56.2 Å². The molecule has 0 bridgehead atoms. The molecule has 0 amide bonds. The first kappa shape index (κ1) is 23.5. The molecule has 2 fully saturated rings. The van der Waals surface area contributed by atoms with Gasteiger partial charge < -0.3 is 19.1 Å². The van der Waals surface area contributed by atoms with Crippen LogP contribution < -0.4 is 0 Å². The van der Waals surface area contributed by atoms with Crippen LogP contribution in [0.15, 0.2) is 65.7 Å². The lowest BCUT2D eigenvalue weighted by molar-refractivity contribution is -0.129. The summed E-state index contributed by atoms with van der Waals surface area (Å²) >= 11 is 3.12. The predicted octanol–water partition coefficient (Wildman–Crippen LogP) is 5.23. The Labute approximate surface area is 209 Å². The molecular formula is C26H29N3O3S2. The highest BCUT2D eigenvalue weighted by molar-refractivity contribution is 8.13. The number of hydrogen-bond donors (Lipinski definition) is 0. The van der Waals surface area contributed by atoms with Crippen LogP contribution in [0.25, 0.3) is 0 Å². The monoisotopic (exact) mass is 495 g/mol. The number of nitrogens with zero attached hydrogens (tertiary/aromatic N) is 3. The number of aliphatic imine (C=N–C) groups is 1. The van der Waals surface area contributed by atoms with E-state index in [9.17, 15) is 0 Å². The summed E-state index contributed by atoms with van der Waals surface area (Å²) in [5.74, 6) is -0.740. The first-order valence-corrected chi connectivity index (χ1v) is 13.6. The Hall–Kier alpha value is -2.23. The second-order valence-electron chi connectivity index (χ2n) is 8.31. The zero-order valence-electron chi connectivity index (χ0n) is 19.5. The lowest BCUT2D eigenvalue weighted by Gasteiger charge is -2.29. The highest BCUT2D eigenvalue weighted by Crippen LogP contribution is 2.40. The van der Waals surface area contributed by atoms with Gasteiger partial charge in [0.1, 0.15) is 5.00 Å². The van der Waals surface area contributed by atoms with Crippen molar-refractivity contribution in [3.8, 4) is 0 Å². The van der Waals surface area contributed by atoms with Crippen LogP contribution in [-0.4, -0.2) is 60.2 Å². The van der Waals surface area contributed by atoms with E-state index in [1.165, 1.54) is 17.1 Å². The number of morpholine rings is 1. The SMILES string of the molecule is CSC(=Nc1cc(C(C)c2cccc(C3(c4ccccc4)OCCO3)c2)ns1)N1CCOCC1. The maximum atomic E-state index is 6.20. The smallest absolute Gasteiger partial charge is 0.222 e. The molecule has 2 saturated heterocycles. The molecule has 5 rings (SSSR count). The lowest BCUT2D eigenvalue weighted by Crippen LogP contribution is -2.39. The summed E-state index contributed by atoms with van der Waals surface area (Å²) in [6, 6.07) is 20.8. The van der Waals surface area contributed by atoms with Crippen LogP contribution in [0, 0.1) is 0 Å². The summed E-state index contributed by atoms with van der Waals surface area (Å²) in [5, 5.41) is 1.95. The van der Waals surface area contributed by atoms with Gasteiger partial charge in [0.25, 0.3) is 0 Å². The number of benzene rings is 2. The Morgan fingerprint density at radius 3 is 2.47 bits per heavy atom. The van der Waals surface area contributed by atoms with Crippen molar-refractivity contribution in [2.75, 3.05) is 45.8 Å². The van der Waals surface area contributed by atoms with Crippen molar-refractivity contribution in [1.82, 2.24) is 9.27 Å². The summed E-state index contributed by atoms with van der Waals surface area (Å²) in [6.45, 7) is 6.58. The fourth-order valence-electron chi connectivity index (χ4n) is 4.38. The maximum absolute atomic E-state index is 6.20. The molecule has 1 atom stereocenters. The van der Waals surface area contributed by atoms with Gasteiger partial charge in [-0.1, -0.05) is 67.2 Å². The van der Waals surface area contributed by atoms with Crippen LogP contribution in [0.2, 0.25) is 0 Å². The Morgan fingerprint density at radius 1 is 1.00 bits per heavy atom. The molecule has 0 saturated carbocycles. The molecule has 0 N–H and O–H groups in total. The molecule has 178 valence electrons. The van der Waals surface area contributed by atoms with Gasteiger partial charge in [0.05, 0.1) is 32.1 Å². The van der Waals surface area contributed by atoms with E-state index in [1.807, 2.05) is 18.2 Å². The number of rotatable bonds is 5. The summed E-state index contributed by atoms with van der Waals surface area (Å²) in [4.78, 5) is 7.18. The average Bonchev–Trinajstić information content (AvgIpc) is 3.59. The molecule has 0 radical (unpaired) electrons. The zero-order chi connectivity index (χ0) is 23.4. The van der Waals surface area contributed by atoms with Crippen LogP contribution in [0.4, 0.5) is 5.00 Å². The lowest BCUT2D eigenvalue weighted by atomic mass is 9.91. The van der Waals surface area contributed by atoms with Crippen LogP contribution in [0.3, 0.4) is 0 Å². The Balaban J connectivity index is 1.40. The minimum absolute atomic E-state index is 0.121. The summed E-state index contributed by atoms with van der Waals surface area (Å²) in [6.07, 6.45) is 2.07. The summed E-state index contributed by atoms with van der Waals surface area (Å²) in [7, 11) is 0. The van der Waals surface area contributed by atoms with Crippen molar-refractivity contribution in [3.63, 3.8) is 0 Å². The average molecular weight is 496 g/mol. The zero-order valence-corrected chi connectivity index (χ0v) is 21.1. The quantitative estimate of drug-likeness (QED) is 0.357. The second kappa shape index (κ2) is 10.6. The third kappa shape index (κ3) is 4.78. The van der Waals surface area contributed by atoms with E-state index in [2.05, 4.69) is 60.5 Å². The van der Waals surface area contributed by atoms with E-state index in [1.54, 1.807) is 11.8 Å². The number of ether oxygens (including phenoxy) is 3. The summed E-state index contributed by atoms with van der Waals surface area (Å²) < 4.78 is 22.6. The molecule has 2 aliphatic heterocycles. The fraction of sp³-hybridized carbons (Fsp3) is 0.385. The molecule has 1 unspecified atom stereocenters. The third-order valence-corrected chi connectivity index (χ3v) is 7.66. The van der Waals surface area contributed by atoms with Crippen LogP contribution in [-0.2, 0) is 20.0 Å².